The van der Waals surface area contributed by atoms with Gasteiger partial charge in [-0.2, -0.15) is 5.10 Å². The van der Waals surface area contributed by atoms with Crippen LogP contribution < -0.4 is 10.5 Å². The molecule has 3 rings (SSSR count). The lowest BCUT2D eigenvalue weighted by Gasteiger charge is -2.03. The van der Waals surface area contributed by atoms with E-state index >= 15 is 0 Å². The fourth-order valence-electron chi connectivity index (χ4n) is 1.83. The molecule has 3 aromatic rings. The number of nitrogen functional groups attached to an aromatic ring is 1. The van der Waals surface area contributed by atoms with E-state index in [1.54, 1.807) is 29.8 Å². The lowest BCUT2D eigenvalue weighted by Crippen LogP contribution is -1.87. The average molecular weight is 277 g/mol. The van der Waals surface area contributed by atoms with E-state index in [0.717, 1.165) is 26.8 Å². The van der Waals surface area contributed by atoms with Crippen LogP contribution in [0.25, 0.3) is 21.0 Å². The third-order valence-electron chi connectivity index (χ3n) is 2.64. The number of nitrogens with one attached hydrogen (secondary N) is 1. The van der Waals surface area contributed by atoms with Gasteiger partial charge < -0.3 is 10.5 Å². The summed E-state index contributed by atoms with van der Waals surface area (Å²) in [6, 6.07) is 5.98. The minimum Gasteiger partial charge on any atom is -0.495 e. The van der Waals surface area contributed by atoms with Crippen LogP contribution in [0.2, 0.25) is 0 Å². The van der Waals surface area contributed by atoms with Crippen LogP contribution in [-0.2, 0) is 0 Å². The summed E-state index contributed by atoms with van der Waals surface area (Å²) in [5.74, 6) is 1.35. The van der Waals surface area contributed by atoms with Crippen LogP contribution in [0.15, 0.2) is 29.0 Å². The fourth-order valence-corrected chi connectivity index (χ4v) is 3.48. The number of aromatic amines is 1. The van der Waals surface area contributed by atoms with Crippen LogP contribution in [0.5, 0.6) is 5.75 Å². The van der Waals surface area contributed by atoms with Crippen molar-refractivity contribution in [3.63, 3.8) is 0 Å². The first kappa shape index (κ1) is 11.3. The molecule has 0 aliphatic rings. The molecule has 0 bridgehead atoms. The fraction of sp³-hybridized carbons (Fsp3) is 0.0833. The molecule has 0 aromatic carbocycles. The van der Waals surface area contributed by atoms with E-state index in [1.807, 2.05) is 29.0 Å². The number of nitrogens with two attached hydrogens (primary N) is 1. The van der Waals surface area contributed by atoms with E-state index in [2.05, 4.69) is 10.2 Å². The third-order valence-corrected chi connectivity index (χ3v) is 4.44. The van der Waals surface area contributed by atoms with E-state index < -0.39 is 0 Å². The standard InChI is InChI=1S/C12H11N3OS2/c1-16-7-4-6-18-11(7)10-9(12(13)15-14-10)8-3-2-5-17-8/h2-6H,1H3,(H3,13,14,15). The summed E-state index contributed by atoms with van der Waals surface area (Å²) >= 11 is 3.25. The lowest BCUT2D eigenvalue weighted by atomic mass is 10.1. The molecule has 0 saturated carbocycles. The number of rotatable bonds is 3. The number of methoxy groups -OCH3 is 1. The van der Waals surface area contributed by atoms with Gasteiger partial charge in [0.05, 0.1) is 23.2 Å². The van der Waals surface area contributed by atoms with Gasteiger partial charge in [-0.3, -0.25) is 5.10 Å². The van der Waals surface area contributed by atoms with Crippen molar-refractivity contribution in [1.29, 1.82) is 0 Å². The van der Waals surface area contributed by atoms with Crippen molar-refractivity contribution < 1.29 is 4.74 Å². The Labute approximate surface area is 112 Å². The van der Waals surface area contributed by atoms with Gasteiger partial charge in [-0.25, -0.2) is 0 Å². The molecular formula is C12H11N3OS2. The van der Waals surface area contributed by atoms with Gasteiger partial charge >= 0.3 is 0 Å². The van der Waals surface area contributed by atoms with Crippen LogP contribution in [-0.4, -0.2) is 17.3 Å². The Morgan fingerprint density at radius 1 is 1.28 bits per heavy atom. The predicted octanol–water partition coefficient (Wildman–Crippen LogP) is 3.46. The van der Waals surface area contributed by atoms with Gasteiger partial charge in [0, 0.05) is 4.88 Å². The highest BCUT2D eigenvalue weighted by molar-refractivity contribution is 7.14. The van der Waals surface area contributed by atoms with Crippen molar-refractivity contribution >= 4 is 28.5 Å². The first-order valence-electron chi connectivity index (χ1n) is 5.31. The van der Waals surface area contributed by atoms with Crippen molar-refractivity contribution in [2.45, 2.75) is 0 Å². The summed E-state index contributed by atoms with van der Waals surface area (Å²) in [5.41, 5.74) is 7.83. The Hall–Kier alpha value is -1.79. The van der Waals surface area contributed by atoms with Crippen LogP contribution in [0.1, 0.15) is 0 Å². The van der Waals surface area contributed by atoms with E-state index in [-0.39, 0.29) is 0 Å². The summed E-state index contributed by atoms with van der Waals surface area (Å²) in [5, 5.41) is 11.1. The highest BCUT2D eigenvalue weighted by Gasteiger charge is 2.19. The van der Waals surface area contributed by atoms with Gasteiger partial charge in [-0.05, 0) is 22.9 Å². The van der Waals surface area contributed by atoms with Crippen LogP contribution in [0, 0.1) is 0 Å². The zero-order chi connectivity index (χ0) is 12.5. The Morgan fingerprint density at radius 2 is 2.17 bits per heavy atom. The molecule has 0 radical (unpaired) electrons. The summed E-state index contributed by atoms with van der Waals surface area (Å²) < 4.78 is 5.35. The highest BCUT2D eigenvalue weighted by atomic mass is 32.1. The second-order valence-corrected chi connectivity index (χ2v) is 5.52. The van der Waals surface area contributed by atoms with E-state index in [4.69, 9.17) is 10.5 Å². The topological polar surface area (TPSA) is 63.9 Å². The molecule has 18 heavy (non-hydrogen) atoms. The zero-order valence-electron chi connectivity index (χ0n) is 9.64. The van der Waals surface area contributed by atoms with Crippen molar-refractivity contribution in [1.82, 2.24) is 10.2 Å². The molecule has 0 saturated heterocycles. The van der Waals surface area contributed by atoms with E-state index in [1.165, 1.54) is 0 Å². The second kappa shape index (κ2) is 4.47. The molecule has 4 nitrogen and oxygen atoms in total. The van der Waals surface area contributed by atoms with Gasteiger partial charge in [0.2, 0.25) is 0 Å². The van der Waals surface area contributed by atoms with E-state index in [9.17, 15) is 0 Å². The summed E-state index contributed by atoms with van der Waals surface area (Å²) in [4.78, 5) is 2.12. The van der Waals surface area contributed by atoms with Crippen LogP contribution >= 0.6 is 22.7 Å². The molecule has 0 fully saturated rings. The van der Waals surface area contributed by atoms with Gasteiger partial charge in [0.15, 0.2) is 5.82 Å². The van der Waals surface area contributed by atoms with Crippen LogP contribution in [0.3, 0.4) is 0 Å². The first-order valence-corrected chi connectivity index (χ1v) is 7.06. The molecule has 92 valence electrons. The SMILES string of the molecule is COc1ccsc1-c1[nH]nc(N)c1-c1cccs1. The number of hydrogen-bond donors (Lipinski definition) is 2. The Kier molecular flexibility index (Phi) is 2.81. The van der Waals surface area contributed by atoms with Crippen molar-refractivity contribution in [3.8, 4) is 26.8 Å². The minimum atomic E-state index is 0.517. The van der Waals surface area contributed by atoms with E-state index in [0.29, 0.717) is 5.82 Å². The number of H-pyrrole nitrogens is 1. The average Bonchev–Trinajstić information content (AvgIpc) is 3.07. The number of thiophene rings is 2. The van der Waals surface area contributed by atoms with Crippen molar-refractivity contribution in [2.24, 2.45) is 0 Å². The number of anilines is 1. The van der Waals surface area contributed by atoms with Crippen molar-refractivity contribution in [3.05, 3.63) is 29.0 Å². The number of nitrogens with zero attached hydrogens (tertiary/aromatic N) is 1. The van der Waals surface area contributed by atoms with Gasteiger partial charge in [-0.15, -0.1) is 22.7 Å². The molecule has 6 heteroatoms. The lowest BCUT2D eigenvalue weighted by molar-refractivity contribution is 0.418. The molecule has 0 aliphatic heterocycles. The molecule has 0 amide bonds. The van der Waals surface area contributed by atoms with Crippen molar-refractivity contribution in [2.75, 3.05) is 12.8 Å². The number of aromatic nitrogens is 2. The number of hydrogen-bond acceptors (Lipinski definition) is 5. The van der Waals surface area contributed by atoms with Gasteiger partial charge in [0.1, 0.15) is 5.75 Å². The molecule has 0 atom stereocenters. The molecule has 0 spiro atoms. The van der Waals surface area contributed by atoms with Crippen LogP contribution in [0.4, 0.5) is 5.82 Å². The largest absolute Gasteiger partial charge is 0.495 e. The zero-order valence-corrected chi connectivity index (χ0v) is 11.3. The smallest absolute Gasteiger partial charge is 0.154 e. The normalized spacial score (nSPS) is 10.7. The van der Waals surface area contributed by atoms with Gasteiger partial charge in [0.25, 0.3) is 0 Å². The predicted molar refractivity (Wildman–Crippen MR) is 76.2 cm³/mol. The Balaban J connectivity index is 2.20. The Bertz CT molecular complexity index is 655. The summed E-state index contributed by atoms with van der Waals surface area (Å²) in [6.45, 7) is 0. The molecule has 0 unspecified atom stereocenters. The monoisotopic (exact) mass is 277 g/mol. The maximum Gasteiger partial charge on any atom is 0.154 e. The Morgan fingerprint density at radius 3 is 2.89 bits per heavy atom. The molecule has 0 aliphatic carbocycles. The highest BCUT2D eigenvalue weighted by Crippen LogP contribution is 2.42. The molecular weight excluding hydrogens is 266 g/mol. The minimum absolute atomic E-state index is 0.517. The third kappa shape index (κ3) is 1.70. The maximum absolute atomic E-state index is 5.96. The summed E-state index contributed by atoms with van der Waals surface area (Å²) in [7, 11) is 1.66. The van der Waals surface area contributed by atoms with Gasteiger partial charge in [-0.1, -0.05) is 6.07 Å². The maximum atomic E-state index is 5.96. The summed E-state index contributed by atoms with van der Waals surface area (Å²) in [6.07, 6.45) is 0. The first-order chi connectivity index (χ1) is 8.81. The molecule has 3 N–H and O–H groups in total. The number of ether oxygens (including phenoxy) is 1. The molecule has 3 aromatic heterocycles. The molecule has 3 heterocycles. The quantitative estimate of drug-likeness (QED) is 0.770. The second-order valence-electron chi connectivity index (χ2n) is 3.65.